The van der Waals surface area contributed by atoms with Crippen molar-refractivity contribution < 1.29 is 20.1 Å². The van der Waals surface area contributed by atoms with E-state index in [0.29, 0.717) is 5.56 Å². The first-order chi connectivity index (χ1) is 6.19. The van der Waals surface area contributed by atoms with E-state index in [0.717, 1.165) is 0 Å². The van der Waals surface area contributed by atoms with Gasteiger partial charge in [0.15, 0.2) is 11.5 Å². The SMILES string of the molecule is COc1cc([C@H](O)CO)ccc1O. The van der Waals surface area contributed by atoms with Gasteiger partial charge < -0.3 is 20.1 Å². The minimum absolute atomic E-state index is 0.0105. The summed E-state index contributed by atoms with van der Waals surface area (Å²) in [6.45, 7) is -0.353. The van der Waals surface area contributed by atoms with Crippen LogP contribution in [0.4, 0.5) is 0 Å². The van der Waals surface area contributed by atoms with Crippen molar-refractivity contribution in [3.8, 4) is 11.5 Å². The second-order valence-corrected chi connectivity index (χ2v) is 2.63. The van der Waals surface area contributed by atoms with Gasteiger partial charge in [-0.25, -0.2) is 0 Å². The van der Waals surface area contributed by atoms with Crippen LogP contribution in [-0.4, -0.2) is 29.0 Å². The molecule has 0 fully saturated rings. The normalized spacial score (nSPS) is 12.5. The standard InChI is InChI=1S/C9H12O4/c1-13-9-4-6(8(12)5-10)2-3-7(9)11/h2-4,8,10-12H,5H2,1H3/t8-/m1/s1. The number of methoxy groups -OCH3 is 1. The number of aliphatic hydroxyl groups excluding tert-OH is 2. The Hall–Kier alpha value is -1.26. The van der Waals surface area contributed by atoms with E-state index in [2.05, 4.69) is 0 Å². The zero-order chi connectivity index (χ0) is 9.84. The topological polar surface area (TPSA) is 69.9 Å². The highest BCUT2D eigenvalue weighted by molar-refractivity contribution is 5.42. The molecule has 0 aliphatic carbocycles. The maximum absolute atomic E-state index is 9.25. The molecule has 4 heteroatoms. The molecule has 1 atom stereocenters. The predicted octanol–water partition coefficient (Wildman–Crippen LogP) is 0.426. The molecule has 0 unspecified atom stereocenters. The summed E-state index contributed by atoms with van der Waals surface area (Å²) in [6, 6.07) is 4.42. The van der Waals surface area contributed by atoms with Gasteiger partial charge >= 0.3 is 0 Å². The van der Waals surface area contributed by atoms with Crippen LogP contribution < -0.4 is 4.74 Å². The Morgan fingerprint density at radius 3 is 2.69 bits per heavy atom. The van der Waals surface area contributed by atoms with Crippen molar-refractivity contribution in [2.75, 3.05) is 13.7 Å². The van der Waals surface area contributed by atoms with Crippen LogP contribution >= 0.6 is 0 Å². The first-order valence-electron chi connectivity index (χ1n) is 3.85. The third kappa shape index (κ3) is 2.11. The molecule has 1 aromatic rings. The van der Waals surface area contributed by atoms with E-state index in [1.165, 1.54) is 25.3 Å². The third-order valence-electron chi connectivity index (χ3n) is 1.76. The zero-order valence-corrected chi connectivity index (χ0v) is 7.27. The van der Waals surface area contributed by atoms with E-state index in [1.807, 2.05) is 0 Å². The van der Waals surface area contributed by atoms with Crippen LogP contribution in [0.15, 0.2) is 18.2 Å². The number of phenols is 1. The monoisotopic (exact) mass is 184 g/mol. The summed E-state index contributed by atoms with van der Waals surface area (Å²) in [7, 11) is 1.42. The highest BCUT2D eigenvalue weighted by Crippen LogP contribution is 2.28. The Bertz CT molecular complexity index is 285. The lowest BCUT2D eigenvalue weighted by atomic mass is 10.1. The molecule has 0 amide bonds. The van der Waals surface area contributed by atoms with Gasteiger partial charge in [0.05, 0.1) is 13.7 Å². The summed E-state index contributed by atoms with van der Waals surface area (Å²) in [5.41, 5.74) is 0.511. The fourth-order valence-corrected chi connectivity index (χ4v) is 1.01. The molecular weight excluding hydrogens is 172 g/mol. The van der Waals surface area contributed by atoms with Crippen molar-refractivity contribution in [2.45, 2.75) is 6.10 Å². The molecule has 0 saturated heterocycles. The molecule has 0 aromatic heterocycles. The lowest BCUT2D eigenvalue weighted by Crippen LogP contribution is -2.02. The number of ether oxygens (including phenoxy) is 1. The molecule has 4 nitrogen and oxygen atoms in total. The smallest absolute Gasteiger partial charge is 0.160 e. The maximum atomic E-state index is 9.25. The number of hydrogen-bond acceptors (Lipinski definition) is 4. The van der Waals surface area contributed by atoms with Gasteiger partial charge in [-0.2, -0.15) is 0 Å². The van der Waals surface area contributed by atoms with Crippen LogP contribution in [0.1, 0.15) is 11.7 Å². The van der Waals surface area contributed by atoms with Gasteiger partial charge in [-0.3, -0.25) is 0 Å². The first kappa shape index (κ1) is 9.83. The van der Waals surface area contributed by atoms with E-state index in [4.69, 9.17) is 9.84 Å². The van der Waals surface area contributed by atoms with E-state index in [1.54, 1.807) is 0 Å². The van der Waals surface area contributed by atoms with Crippen LogP contribution in [0, 0.1) is 0 Å². The quantitative estimate of drug-likeness (QED) is 0.637. The number of aromatic hydroxyl groups is 1. The second-order valence-electron chi connectivity index (χ2n) is 2.63. The van der Waals surface area contributed by atoms with Gasteiger partial charge in [0.2, 0.25) is 0 Å². The molecular formula is C9H12O4. The molecule has 0 saturated carbocycles. The summed E-state index contributed by atoms with van der Waals surface area (Å²) in [5, 5.41) is 27.1. The number of aliphatic hydroxyl groups is 2. The molecule has 0 bridgehead atoms. The van der Waals surface area contributed by atoms with Crippen molar-refractivity contribution in [1.29, 1.82) is 0 Å². The van der Waals surface area contributed by atoms with Crippen molar-refractivity contribution in [3.63, 3.8) is 0 Å². The Balaban J connectivity index is 2.99. The summed E-state index contributed by atoms with van der Waals surface area (Å²) in [6.07, 6.45) is -0.936. The number of phenolic OH excluding ortho intramolecular Hbond substituents is 1. The van der Waals surface area contributed by atoms with E-state index >= 15 is 0 Å². The van der Waals surface area contributed by atoms with Gasteiger partial charge in [-0.15, -0.1) is 0 Å². The van der Waals surface area contributed by atoms with Crippen molar-refractivity contribution >= 4 is 0 Å². The minimum Gasteiger partial charge on any atom is -0.504 e. The molecule has 3 N–H and O–H groups in total. The average Bonchev–Trinajstić information content (AvgIpc) is 2.17. The Labute approximate surface area is 76.0 Å². The van der Waals surface area contributed by atoms with Crippen molar-refractivity contribution in [2.24, 2.45) is 0 Å². The highest BCUT2D eigenvalue weighted by atomic mass is 16.5. The summed E-state index contributed by atoms with van der Waals surface area (Å²) < 4.78 is 4.84. The van der Waals surface area contributed by atoms with Crippen molar-refractivity contribution in [1.82, 2.24) is 0 Å². The van der Waals surface area contributed by atoms with Crippen LogP contribution in [-0.2, 0) is 0 Å². The first-order valence-corrected chi connectivity index (χ1v) is 3.85. The van der Waals surface area contributed by atoms with E-state index < -0.39 is 6.10 Å². The molecule has 0 aliphatic heterocycles. The molecule has 0 heterocycles. The van der Waals surface area contributed by atoms with Crippen LogP contribution in [0.2, 0.25) is 0 Å². The Morgan fingerprint density at radius 1 is 1.46 bits per heavy atom. The van der Waals surface area contributed by atoms with Crippen LogP contribution in [0.25, 0.3) is 0 Å². The van der Waals surface area contributed by atoms with Gasteiger partial charge in [-0.1, -0.05) is 6.07 Å². The van der Waals surface area contributed by atoms with Crippen LogP contribution in [0.5, 0.6) is 11.5 Å². The minimum atomic E-state index is -0.936. The van der Waals surface area contributed by atoms with Gasteiger partial charge in [0, 0.05) is 0 Å². The number of hydrogen-bond donors (Lipinski definition) is 3. The lowest BCUT2D eigenvalue weighted by molar-refractivity contribution is 0.0953. The average molecular weight is 184 g/mol. The van der Waals surface area contributed by atoms with Crippen LogP contribution in [0.3, 0.4) is 0 Å². The number of benzene rings is 1. The zero-order valence-electron chi connectivity index (χ0n) is 7.27. The molecule has 1 rings (SSSR count). The van der Waals surface area contributed by atoms with Gasteiger partial charge in [0.25, 0.3) is 0 Å². The summed E-state index contributed by atoms with van der Waals surface area (Å²) >= 11 is 0. The molecule has 13 heavy (non-hydrogen) atoms. The largest absolute Gasteiger partial charge is 0.504 e. The van der Waals surface area contributed by atoms with Crippen molar-refractivity contribution in [3.05, 3.63) is 23.8 Å². The third-order valence-corrected chi connectivity index (χ3v) is 1.76. The number of rotatable bonds is 3. The molecule has 1 aromatic carbocycles. The molecule has 0 radical (unpaired) electrons. The van der Waals surface area contributed by atoms with E-state index in [-0.39, 0.29) is 18.1 Å². The fourth-order valence-electron chi connectivity index (χ4n) is 1.01. The summed E-state index contributed by atoms with van der Waals surface area (Å²) in [5.74, 6) is 0.293. The Morgan fingerprint density at radius 2 is 2.15 bits per heavy atom. The molecule has 0 aliphatic rings. The predicted molar refractivity (Wildman–Crippen MR) is 46.7 cm³/mol. The summed E-state index contributed by atoms with van der Waals surface area (Å²) in [4.78, 5) is 0. The molecule has 0 spiro atoms. The Kier molecular flexibility index (Phi) is 3.11. The fraction of sp³-hybridized carbons (Fsp3) is 0.333. The lowest BCUT2D eigenvalue weighted by Gasteiger charge is -2.09. The highest BCUT2D eigenvalue weighted by Gasteiger charge is 2.09. The maximum Gasteiger partial charge on any atom is 0.160 e. The van der Waals surface area contributed by atoms with Gasteiger partial charge in [0.1, 0.15) is 6.10 Å². The second kappa shape index (κ2) is 4.11. The van der Waals surface area contributed by atoms with E-state index in [9.17, 15) is 10.2 Å². The molecule has 72 valence electrons. The van der Waals surface area contributed by atoms with Gasteiger partial charge in [-0.05, 0) is 17.7 Å².